The van der Waals surface area contributed by atoms with E-state index >= 15 is 0 Å². The van der Waals surface area contributed by atoms with E-state index in [0.717, 1.165) is 4.90 Å². The molecular formula is C25H26N2O4S. The molecule has 7 heteroatoms. The molecule has 0 heterocycles. The van der Waals surface area contributed by atoms with E-state index in [4.69, 9.17) is 9.47 Å². The number of benzene rings is 3. The lowest BCUT2D eigenvalue weighted by atomic mass is 10.2. The number of thioether (sulfide) groups is 1. The summed E-state index contributed by atoms with van der Waals surface area (Å²) in [4.78, 5) is 25.9. The molecule has 3 aromatic rings. The Labute approximate surface area is 192 Å². The second kappa shape index (κ2) is 11.8. The first kappa shape index (κ1) is 23.2. The van der Waals surface area contributed by atoms with Crippen molar-refractivity contribution in [3.63, 3.8) is 0 Å². The number of anilines is 2. The normalized spacial score (nSPS) is 11.3. The fourth-order valence-corrected chi connectivity index (χ4v) is 3.93. The smallest absolute Gasteiger partial charge is 0.262 e. The fourth-order valence-electron chi connectivity index (χ4n) is 2.92. The summed E-state index contributed by atoms with van der Waals surface area (Å²) in [6.07, 6.45) is 0.655. The van der Waals surface area contributed by atoms with E-state index in [1.54, 1.807) is 25.3 Å². The Kier molecular flexibility index (Phi) is 8.57. The molecule has 0 saturated heterocycles. The Bertz CT molecular complexity index is 1040. The molecule has 2 amide bonds. The molecule has 3 aromatic carbocycles. The maximum atomic E-state index is 12.8. The third-order valence-corrected chi connectivity index (χ3v) is 5.87. The van der Waals surface area contributed by atoms with Crippen molar-refractivity contribution in [2.75, 3.05) is 24.4 Å². The van der Waals surface area contributed by atoms with E-state index in [-0.39, 0.29) is 23.7 Å². The Hall–Kier alpha value is -3.45. The molecule has 6 nitrogen and oxygen atoms in total. The van der Waals surface area contributed by atoms with Crippen LogP contribution in [0.1, 0.15) is 13.3 Å². The van der Waals surface area contributed by atoms with Gasteiger partial charge in [-0.05, 0) is 48.9 Å². The summed E-state index contributed by atoms with van der Waals surface area (Å²) in [5.41, 5.74) is 1.34. The SMILES string of the molecule is CCC(Sc1cccc(NC(=O)COc2ccccc2)c1)C(=O)Nc1cccc(OC)c1. The molecule has 2 N–H and O–H groups in total. The van der Waals surface area contributed by atoms with E-state index in [2.05, 4.69) is 10.6 Å². The summed E-state index contributed by atoms with van der Waals surface area (Å²) >= 11 is 1.45. The number of hydrogen-bond acceptors (Lipinski definition) is 5. The molecule has 0 aromatic heterocycles. The average molecular weight is 451 g/mol. The van der Waals surface area contributed by atoms with Gasteiger partial charge in [0.05, 0.1) is 12.4 Å². The van der Waals surface area contributed by atoms with E-state index in [0.29, 0.717) is 29.3 Å². The molecule has 0 aliphatic carbocycles. The van der Waals surface area contributed by atoms with Gasteiger partial charge in [0, 0.05) is 22.3 Å². The first-order chi connectivity index (χ1) is 15.6. The first-order valence-corrected chi connectivity index (χ1v) is 11.1. The number of amides is 2. The van der Waals surface area contributed by atoms with Gasteiger partial charge in [-0.2, -0.15) is 0 Å². The second-order valence-corrected chi connectivity index (χ2v) is 8.19. The number of carbonyl (C=O) groups excluding carboxylic acids is 2. The van der Waals surface area contributed by atoms with Gasteiger partial charge in [-0.25, -0.2) is 0 Å². The zero-order valence-corrected chi connectivity index (χ0v) is 18.9. The standard InChI is InChI=1S/C25H26N2O4S/c1-3-23(25(29)27-18-9-7-13-21(15-18)30-2)32-22-14-8-10-19(16-22)26-24(28)17-31-20-11-5-4-6-12-20/h4-16,23H,3,17H2,1-2H3,(H,26,28)(H,27,29). The molecule has 0 aliphatic heterocycles. The van der Waals surface area contributed by atoms with Gasteiger partial charge in [0.25, 0.3) is 5.91 Å². The van der Waals surface area contributed by atoms with Crippen LogP contribution in [0, 0.1) is 0 Å². The molecule has 0 fully saturated rings. The van der Waals surface area contributed by atoms with E-state index in [1.165, 1.54) is 11.8 Å². The molecule has 1 unspecified atom stereocenters. The summed E-state index contributed by atoms with van der Waals surface area (Å²) in [5.74, 6) is 0.984. The third-order valence-electron chi connectivity index (χ3n) is 4.51. The Balaban J connectivity index is 1.57. The van der Waals surface area contributed by atoms with E-state index in [1.807, 2.05) is 67.6 Å². The van der Waals surface area contributed by atoms with Crippen LogP contribution in [0.2, 0.25) is 0 Å². The van der Waals surface area contributed by atoms with Crippen molar-refractivity contribution in [1.29, 1.82) is 0 Å². The minimum atomic E-state index is -0.284. The molecule has 1 atom stereocenters. The van der Waals surface area contributed by atoms with Gasteiger partial charge >= 0.3 is 0 Å². The Morgan fingerprint density at radius 1 is 0.875 bits per heavy atom. The summed E-state index contributed by atoms with van der Waals surface area (Å²) in [5, 5.41) is 5.49. The van der Waals surface area contributed by atoms with Crippen molar-refractivity contribution >= 4 is 35.0 Å². The molecular weight excluding hydrogens is 424 g/mol. The number of carbonyl (C=O) groups is 2. The van der Waals surface area contributed by atoms with Crippen molar-refractivity contribution in [2.24, 2.45) is 0 Å². The van der Waals surface area contributed by atoms with Gasteiger partial charge < -0.3 is 20.1 Å². The Morgan fingerprint density at radius 3 is 2.28 bits per heavy atom. The highest BCUT2D eigenvalue weighted by Gasteiger charge is 2.18. The highest BCUT2D eigenvalue weighted by atomic mass is 32.2. The van der Waals surface area contributed by atoms with E-state index in [9.17, 15) is 9.59 Å². The van der Waals surface area contributed by atoms with Gasteiger partial charge in [-0.1, -0.05) is 37.3 Å². The second-order valence-electron chi connectivity index (χ2n) is 6.91. The number of para-hydroxylation sites is 1. The molecule has 0 spiro atoms. The van der Waals surface area contributed by atoms with Crippen LogP contribution in [-0.2, 0) is 9.59 Å². The van der Waals surface area contributed by atoms with Gasteiger partial charge in [0.1, 0.15) is 11.5 Å². The summed E-state index contributed by atoms with van der Waals surface area (Å²) < 4.78 is 10.7. The zero-order valence-electron chi connectivity index (χ0n) is 18.0. The van der Waals surface area contributed by atoms with Crippen LogP contribution < -0.4 is 20.1 Å². The van der Waals surface area contributed by atoms with Crippen LogP contribution in [0.25, 0.3) is 0 Å². The predicted octanol–water partition coefficient (Wildman–Crippen LogP) is 5.22. The van der Waals surface area contributed by atoms with Gasteiger partial charge in [0.15, 0.2) is 6.61 Å². The molecule has 0 aliphatic rings. The van der Waals surface area contributed by atoms with Gasteiger partial charge in [-0.15, -0.1) is 11.8 Å². The number of ether oxygens (including phenoxy) is 2. The molecule has 166 valence electrons. The van der Waals surface area contributed by atoms with Crippen molar-refractivity contribution < 1.29 is 19.1 Å². The topological polar surface area (TPSA) is 76.7 Å². The van der Waals surface area contributed by atoms with Gasteiger partial charge in [-0.3, -0.25) is 9.59 Å². The lowest BCUT2D eigenvalue weighted by Gasteiger charge is -2.16. The first-order valence-electron chi connectivity index (χ1n) is 10.3. The lowest BCUT2D eigenvalue weighted by Crippen LogP contribution is -2.24. The quantitative estimate of drug-likeness (QED) is 0.414. The van der Waals surface area contributed by atoms with Crippen LogP contribution in [0.4, 0.5) is 11.4 Å². The summed E-state index contributed by atoms with van der Waals surface area (Å²) in [7, 11) is 1.59. The maximum Gasteiger partial charge on any atom is 0.262 e. The van der Waals surface area contributed by atoms with Crippen LogP contribution in [-0.4, -0.2) is 30.8 Å². The maximum absolute atomic E-state index is 12.8. The van der Waals surface area contributed by atoms with Gasteiger partial charge in [0.2, 0.25) is 5.91 Å². The van der Waals surface area contributed by atoms with E-state index < -0.39 is 0 Å². The number of rotatable bonds is 10. The molecule has 0 saturated carbocycles. The molecule has 32 heavy (non-hydrogen) atoms. The largest absolute Gasteiger partial charge is 0.497 e. The summed E-state index contributed by atoms with van der Waals surface area (Å²) in [6, 6.07) is 23.9. The summed E-state index contributed by atoms with van der Waals surface area (Å²) in [6.45, 7) is 1.89. The van der Waals surface area contributed by atoms with Crippen molar-refractivity contribution in [3.8, 4) is 11.5 Å². The van der Waals surface area contributed by atoms with Crippen molar-refractivity contribution in [2.45, 2.75) is 23.5 Å². The fraction of sp³-hybridized carbons (Fsp3) is 0.200. The molecule has 3 rings (SSSR count). The third kappa shape index (κ3) is 7.06. The van der Waals surface area contributed by atoms with Crippen LogP contribution in [0.5, 0.6) is 11.5 Å². The highest BCUT2D eigenvalue weighted by molar-refractivity contribution is 8.00. The lowest BCUT2D eigenvalue weighted by molar-refractivity contribution is -0.118. The van der Waals surface area contributed by atoms with Crippen LogP contribution >= 0.6 is 11.8 Å². The monoisotopic (exact) mass is 450 g/mol. The average Bonchev–Trinajstić information content (AvgIpc) is 2.82. The van der Waals surface area contributed by atoms with Crippen LogP contribution in [0.3, 0.4) is 0 Å². The highest BCUT2D eigenvalue weighted by Crippen LogP contribution is 2.29. The number of methoxy groups -OCH3 is 1. The molecule has 0 bridgehead atoms. The Morgan fingerprint density at radius 2 is 1.56 bits per heavy atom. The van der Waals surface area contributed by atoms with Crippen LogP contribution in [0.15, 0.2) is 83.8 Å². The predicted molar refractivity (Wildman–Crippen MR) is 129 cm³/mol. The van der Waals surface area contributed by atoms with Crippen molar-refractivity contribution in [3.05, 3.63) is 78.9 Å². The number of nitrogens with one attached hydrogen (secondary N) is 2. The van der Waals surface area contributed by atoms with Crippen molar-refractivity contribution in [1.82, 2.24) is 0 Å². The molecule has 0 radical (unpaired) electrons. The minimum absolute atomic E-state index is 0.0814. The number of hydrogen-bond donors (Lipinski definition) is 2. The zero-order chi connectivity index (χ0) is 22.8. The minimum Gasteiger partial charge on any atom is -0.497 e.